The highest BCUT2D eigenvalue weighted by molar-refractivity contribution is 6.30. The van der Waals surface area contributed by atoms with Crippen molar-refractivity contribution in [2.24, 2.45) is 0 Å². The third-order valence-electron chi connectivity index (χ3n) is 4.61. The van der Waals surface area contributed by atoms with Gasteiger partial charge in [0.2, 0.25) is 5.89 Å². The summed E-state index contributed by atoms with van der Waals surface area (Å²) in [5, 5.41) is 7.86. The fraction of sp³-hybridized carbons (Fsp3) is 0.500. The van der Waals surface area contributed by atoms with Crippen molar-refractivity contribution in [3.8, 4) is 0 Å². The van der Waals surface area contributed by atoms with Gasteiger partial charge >= 0.3 is 0 Å². The Morgan fingerprint density at radius 2 is 2.20 bits per heavy atom. The smallest absolute Gasteiger partial charge is 0.253 e. The van der Waals surface area contributed by atoms with Gasteiger partial charge in [0, 0.05) is 36.1 Å². The summed E-state index contributed by atoms with van der Waals surface area (Å²) in [5.74, 6) is 1.45. The molecule has 2 unspecified atom stereocenters. The number of likely N-dealkylation sites (N-methyl/N-ethyl adjacent to an activating group) is 1. The molecule has 1 aliphatic rings. The highest BCUT2D eigenvalue weighted by Gasteiger charge is 2.29. The first-order chi connectivity index (χ1) is 12.1. The molecule has 134 valence electrons. The van der Waals surface area contributed by atoms with Crippen LogP contribution in [0.3, 0.4) is 0 Å². The third-order valence-corrected chi connectivity index (χ3v) is 4.87. The highest BCUT2D eigenvalue weighted by atomic mass is 35.5. The van der Waals surface area contributed by atoms with Gasteiger partial charge in [-0.15, -0.1) is 0 Å². The summed E-state index contributed by atoms with van der Waals surface area (Å²) in [7, 11) is 1.91. The van der Waals surface area contributed by atoms with Crippen LogP contribution in [0.4, 0.5) is 0 Å². The number of hydrogen-bond donors (Lipinski definition) is 1. The minimum atomic E-state index is 0.0184. The fourth-order valence-corrected chi connectivity index (χ4v) is 3.16. The summed E-state index contributed by atoms with van der Waals surface area (Å²) in [6.07, 6.45) is 2.60. The summed E-state index contributed by atoms with van der Waals surface area (Å²) in [6, 6.07) is 7.29. The van der Waals surface area contributed by atoms with Crippen LogP contribution in [0.1, 0.15) is 47.8 Å². The van der Waals surface area contributed by atoms with Gasteiger partial charge in [-0.3, -0.25) is 4.79 Å². The Morgan fingerprint density at radius 1 is 1.44 bits per heavy atom. The first-order valence-electron chi connectivity index (χ1n) is 8.61. The number of amides is 1. The maximum atomic E-state index is 12.7. The van der Waals surface area contributed by atoms with Gasteiger partial charge in [-0.25, -0.2) is 0 Å². The van der Waals surface area contributed by atoms with Crippen molar-refractivity contribution >= 4 is 17.5 Å². The number of likely N-dealkylation sites (tertiary alicyclic amines) is 1. The molecule has 7 heteroatoms. The average Bonchev–Trinajstić information content (AvgIpc) is 3.10. The van der Waals surface area contributed by atoms with Gasteiger partial charge in [0.05, 0.1) is 5.92 Å². The van der Waals surface area contributed by atoms with Crippen molar-refractivity contribution in [3.05, 3.63) is 46.6 Å². The molecule has 1 N–H and O–H groups in total. The fourth-order valence-electron chi connectivity index (χ4n) is 3.03. The van der Waals surface area contributed by atoms with Gasteiger partial charge in [-0.05, 0) is 51.1 Å². The van der Waals surface area contributed by atoms with E-state index in [1.807, 2.05) is 11.9 Å². The van der Waals surface area contributed by atoms with E-state index in [0.717, 1.165) is 25.8 Å². The predicted octanol–water partition coefficient (Wildman–Crippen LogP) is 2.89. The lowest BCUT2D eigenvalue weighted by Gasteiger charge is -2.31. The molecule has 1 amide bonds. The van der Waals surface area contributed by atoms with Crippen LogP contribution < -0.4 is 5.32 Å². The van der Waals surface area contributed by atoms with Crippen LogP contribution in [0.2, 0.25) is 5.02 Å². The molecule has 0 spiro atoms. The summed E-state index contributed by atoms with van der Waals surface area (Å²) in [5.41, 5.74) is 0.652. The maximum Gasteiger partial charge on any atom is 0.253 e. The average molecular weight is 363 g/mol. The third kappa shape index (κ3) is 4.38. The molecular formula is C18H23ClN4O2. The Bertz CT molecular complexity index is 716. The zero-order chi connectivity index (χ0) is 17.8. The van der Waals surface area contributed by atoms with E-state index in [9.17, 15) is 4.79 Å². The monoisotopic (exact) mass is 362 g/mol. The number of nitrogens with one attached hydrogen (secondary N) is 1. The van der Waals surface area contributed by atoms with Crippen molar-refractivity contribution < 1.29 is 9.32 Å². The topological polar surface area (TPSA) is 71.3 Å². The lowest BCUT2D eigenvalue weighted by Crippen LogP contribution is -2.39. The highest BCUT2D eigenvalue weighted by Crippen LogP contribution is 2.27. The second kappa shape index (κ2) is 7.97. The summed E-state index contributed by atoms with van der Waals surface area (Å²) < 4.78 is 5.45. The van der Waals surface area contributed by atoms with Crippen molar-refractivity contribution in [2.75, 3.05) is 20.1 Å². The van der Waals surface area contributed by atoms with Gasteiger partial charge in [0.1, 0.15) is 0 Å². The summed E-state index contributed by atoms with van der Waals surface area (Å²) in [4.78, 5) is 19.1. The Labute approximate surface area is 152 Å². The van der Waals surface area contributed by atoms with Crippen molar-refractivity contribution in [2.45, 2.75) is 38.1 Å². The van der Waals surface area contributed by atoms with E-state index in [-0.39, 0.29) is 11.8 Å². The Kier molecular flexibility index (Phi) is 5.71. The zero-order valence-electron chi connectivity index (χ0n) is 14.5. The van der Waals surface area contributed by atoms with E-state index in [4.69, 9.17) is 16.1 Å². The summed E-state index contributed by atoms with van der Waals surface area (Å²) >= 11 is 5.90. The van der Waals surface area contributed by atoms with Crippen LogP contribution in [0.5, 0.6) is 0 Å². The molecule has 3 rings (SSSR count). The number of rotatable bonds is 5. The van der Waals surface area contributed by atoms with Crippen LogP contribution in [0.15, 0.2) is 28.8 Å². The lowest BCUT2D eigenvalue weighted by atomic mass is 9.97. The molecule has 1 aliphatic heterocycles. The molecular weight excluding hydrogens is 340 g/mol. The van der Waals surface area contributed by atoms with E-state index in [2.05, 4.69) is 22.4 Å². The number of carbonyl (C=O) groups excluding carboxylic acids is 1. The van der Waals surface area contributed by atoms with Crippen LogP contribution in [0, 0.1) is 0 Å². The molecule has 0 aliphatic carbocycles. The number of halogens is 1. The van der Waals surface area contributed by atoms with Gasteiger partial charge in [0.15, 0.2) is 5.82 Å². The molecule has 2 heterocycles. The number of aromatic nitrogens is 2. The quantitative estimate of drug-likeness (QED) is 0.885. The number of carbonyl (C=O) groups is 1. The molecule has 1 fully saturated rings. The number of nitrogens with zero attached hydrogens (tertiary/aromatic N) is 3. The van der Waals surface area contributed by atoms with Gasteiger partial charge in [-0.1, -0.05) is 16.8 Å². The molecule has 1 aromatic carbocycles. The van der Waals surface area contributed by atoms with E-state index >= 15 is 0 Å². The zero-order valence-corrected chi connectivity index (χ0v) is 15.3. The molecule has 25 heavy (non-hydrogen) atoms. The first kappa shape index (κ1) is 17.9. The second-order valence-corrected chi connectivity index (χ2v) is 6.98. The standard InChI is InChI=1S/C18H23ClN4O2/c1-12(20-2)10-16-21-17(25-22-16)14-4-3-9-23(11-14)18(24)13-5-7-15(19)8-6-13/h5-8,12,14,20H,3-4,9-11H2,1-2H3. The van der Waals surface area contributed by atoms with Crippen LogP contribution in [-0.4, -0.2) is 47.1 Å². The molecule has 2 atom stereocenters. The molecule has 2 aromatic rings. The maximum absolute atomic E-state index is 12.7. The Balaban J connectivity index is 1.66. The van der Waals surface area contributed by atoms with Gasteiger partial charge < -0.3 is 14.7 Å². The van der Waals surface area contributed by atoms with Crippen molar-refractivity contribution in [1.82, 2.24) is 20.4 Å². The molecule has 6 nitrogen and oxygen atoms in total. The van der Waals surface area contributed by atoms with Gasteiger partial charge in [-0.2, -0.15) is 4.98 Å². The second-order valence-electron chi connectivity index (χ2n) is 6.54. The molecule has 1 saturated heterocycles. The van der Waals surface area contributed by atoms with E-state index in [1.54, 1.807) is 24.3 Å². The molecule has 0 saturated carbocycles. The minimum absolute atomic E-state index is 0.0184. The largest absolute Gasteiger partial charge is 0.339 e. The predicted molar refractivity (Wildman–Crippen MR) is 95.9 cm³/mol. The number of hydrogen-bond acceptors (Lipinski definition) is 5. The van der Waals surface area contributed by atoms with Crippen molar-refractivity contribution in [3.63, 3.8) is 0 Å². The van der Waals surface area contributed by atoms with E-state index in [0.29, 0.717) is 34.9 Å². The number of piperidine rings is 1. The van der Waals surface area contributed by atoms with Crippen LogP contribution in [0.25, 0.3) is 0 Å². The SMILES string of the molecule is CNC(C)Cc1noc(C2CCCN(C(=O)c3ccc(Cl)cc3)C2)n1. The minimum Gasteiger partial charge on any atom is -0.339 e. The molecule has 1 aromatic heterocycles. The first-order valence-corrected chi connectivity index (χ1v) is 8.99. The lowest BCUT2D eigenvalue weighted by molar-refractivity contribution is 0.0695. The van der Waals surface area contributed by atoms with Crippen LogP contribution in [-0.2, 0) is 6.42 Å². The molecule has 0 radical (unpaired) electrons. The molecule has 0 bridgehead atoms. The van der Waals surface area contributed by atoms with E-state index in [1.165, 1.54) is 0 Å². The van der Waals surface area contributed by atoms with E-state index < -0.39 is 0 Å². The Hall–Kier alpha value is -1.92. The van der Waals surface area contributed by atoms with Gasteiger partial charge in [0.25, 0.3) is 5.91 Å². The number of benzene rings is 1. The van der Waals surface area contributed by atoms with Crippen molar-refractivity contribution in [1.29, 1.82) is 0 Å². The van der Waals surface area contributed by atoms with Crippen LogP contribution >= 0.6 is 11.6 Å². The summed E-state index contributed by atoms with van der Waals surface area (Å²) in [6.45, 7) is 3.42. The normalized spacial score (nSPS) is 19.0. The Morgan fingerprint density at radius 3 is 2.92 bits per heavy atom.